The van der Waals surface area contributed by atoms with Crippen molar-refractivity contribution < 1.29 is 9.53 Å². The molecule has 0 aliphatic rings. The van der Waals surface area contributed by atoms with E-state index in [-0.39, 0.29) is 6.04 Å². The number of benzene rings is 1. The van der Waals surface area contributed by atoms with Gasteiger partial charge in [0.25, 0.3) is 0 Å². The van der Waals surface area contributed by atoms with Crippen molar-refractivity contribution in [3.05, 3.63) is 30.1 Å². The molecular formula is C14H19N3O2. The molecule has 1 atom stereocenters. The van der Waals surface area contributed by atoms with Crippen LogP contribution in [0.25, 0.3) is 11.0 Å². The van der Waals surface area contributed by atoms with E-state index in [1.54, 1.807) is 0 Å². The number of hydrogen-bond donors (Lipinski definition) is 2. The third-order valence-electron chi connectivity index (χ3n) is 2.55. The summed E-state index contributed by atoms with van der Waals surface area (Å²) in [6.07, 6.45) is -0.444. The number of H-pyrrole nitrogens is 1. The van der Waals surface area contributed by atoms with Gasteiger partial charge < -0.3 is 15.0 Å². The van der Waals surface area contributed by atoms with E-state index >= 15 is 0 Å². The Kier molecular flexibility index (Phi) is 3.46. The number of hydrogen-bond acceptors (Lipinski definition) is 3. The third-order valence-corrected chi connectivity index (χ3v) is 2.55. The molecule has 1 aromatic carbocycles. The summed E-state index contributed by atoms with van der Waals surface area (Å²) in [4.78, 5) is 19.3. The van der Waals surface area contributed by atoms with Gasteiger partial charge in [0.2, 0.25) is 0 Å². The van der Waals surface area contributed by atoms with Crippen LogP contribution in [-0.2, 0) is 4.74 Å². The van der Waals surface area contributed by atoms with Crippen LogP contribution in [0, 0.1) is 0 Å². The number of alkyl carbamates (subject to hydrolysis) is 1. The normalized spacial score (nSPS) is 13.3. The predicted octanol–water partition coefficient (Wildman–Crippen LogP) is 3.15. The number of aromatic amines is 1. The molecule has 0 saturated heterocycles. The first-order chi connectivity index (χ1) is 8.85. The van der Waals surface area contributed by atoms with E-state index in [0.717, 1.165) is 11.0 Å². The summed E-state index contributed by atoms with van der Waals surface area (Å²) in [7, 11) is 0. The lowest BCUT2D eigenvalue weighted by Gasteiger charge is -2.21. The summed E-state index contributed by atoms with van der Waals surface area (Å²) in [5.74, 6) is 0.715. The van der Waals surface area contributed by atoms with Crippen LogP contribution in [0.2, 0.25) is 0 Å². The fourth-order valence-corrected chi connectivity index (χ4v) is 1.73. The molecule has 1 heterocycles. The van der Waals surface area contributed by atoms with Crippen molar-refractivity contribution in [1.82, 2.24) is 15.3 Å². The Bertz CT molecular complexity index is 551. The minimum atomic E-state index is -0.502. The monoisotopic (exact) mass is 261 g/mol. The quantitative estimate of drug-likeness (QED) is 0.872. The standard InChI is InChI=1S/C14H19N3O2/c1-9(15-13(18)19-14(2,3)4)12-16-10-7-5-6-8-11(10)17-12/h5-9H,1-4H3,(H,15,18)(H,16,17)/t9-/m1/s1. The Morgan fingerprint density at radius 1 is 1.37 bits per heavy atom. The smallest absolute Gasteiger partial charge is 0.408 e. The van der Waals surface area contributed by atoms with Crippen LogP contribution in [0.5, 0.6) is 0 Å². The van der Waals surface area contributed by atoms with Crippen molar-refractivity contribution in [2.24, 2.45) is 0 Å². The maximum atomic E-state index is 11.7. The summed E-state index contributed by atoms with van der Waals surface area (Å²) in [6, 6.07) is 7.51. The zero-order valence-electron chi connectivity index (χ0n) is 11.7. The van der Waals surface area contributed by atoms with Gasteiger partial charge in [-0.2, -0.15) is 0 Å². The average Bonchev–Trinajstić information content (AvgIpc) is 2.69. The highest BCUT2D eigenvalue weighted by Crippen LogP contribution is 2.16. The summed E-state index contributed by atoms with van der Waals surface area (Å²) >= 11 is 0. The molecule has 19 heavy (non-hydrogen) atoms. The molecule has 0 unspecified atom stereocenters. The Morgan fingerprint density at radius 2 is 2.05 bits per heavy atom. The molecule has 0 fully saturated rings. The lowest BCUT2D eigenvalue weighted by molar-refractivity contribution is 0.0506. The lowest BCUT2D eigenvalue weighted by atomic mass is 10.2. The van der Waals surface area contributed by atoms with Gasteiger partial charge in [0.05, 0.1) is 17.1 Å². The van der Waals surface area contributed by atoms with Crippen LogP contribution < -0.4 is 5.32 Å². The van der Waals surface area contributed by atoms with E-state index in [9.17, 15) is 4.79 Å². The van der Waals surface area contributed by atoms with Gasteiger partial charge in [-0.05, 0) is 39.8 Å². The molecule has 0 aliphatic carbocycles. The largest absolute Gasteiger partial charge is 0.444 e. The highest BCUT2D eigenvalue weighted by Gasteiger charge is 2.19. The minimum absolute atomic E-state index is 0.234. The second-order valence-corrected chi connectivity index (χ2v) is 5.51. The number of para-hydroxylation sites is 2. The summed E-state index contributed by atoms with van der Waals surface area (Å²) in [6.45, 7) is 7.36. The highest BCUT2D eigenvalue weighted by molar-refractivity contribution is 5.75. The van der Waals surface area contributed by atoms with Crippen molar-refractivity contribution in [1.29, 1.82) is 0 Å². The number of amides is 1. The topological polar surface area (TPSA) is 67.0 Å². The van der Waals surface area contributed by atoms with Crippen LogP contribution in [0.4, 0.5) is 4.79 Å². The molecule has 1 aromatic heterocycles. The molecule has 1 amide bonds. The SMILES string of the molecule is C[C@@H](NC(=O)OC(C)(C)C)c1nc2ccccc2[nH]1. The van der Waals surface area contributed by atoms with E-state index < -0.39 is 11.7 Å². The molecule has 2 N–H and O–H groups in total. The molecule has 0 saturated carbocycles. The maximum Gasteiger partial charge on any atom is 0.408 e. The first-order valence-corrected chi connectivity index (χ1v) is 6.29. The molecule has 2 rings (SSSR count). The number of carbonyl (C=O) groups is 1. The number of fused-ring (bicyclic) bond motifs is 1. The number of aromatic nitrogens is 2. The van der Waals surface area contributed by atoms with E-state index in [1.807, 2.05) is 52.0 Å². The Morgan fingerprint density at radius 3 is 2.68 bits per heavy atom. The molecule has 102 valence electrons. The molecule has 5 heteroatoms. The summed E-state index contributed by atoms with van der Waals surface area (Å²) in [5.41, 5.74) is 1.34. The molecule has 0 bridgehead atoms. The van der Waals surface area contributed by atoms with Crippen LogP contribution >= 0.6 is 0 Å². The third kappa shape index (κ3) is 3.47. The van der Waals surface area contributed by atoms with Gasteiger partial charge in [-0.3, -0.25) is 0 Å². The molecule has 0 radical (unpaired) electrons. The van der Waals surface area contributed by atoms with Crippen LogP contribution in [0.3, 0.4) is 0 Å². The van der Waals surface area contributed by atoms with Gasteiger partial charge in [-0.1, -0.05) is 12.1 Å². The predicted molar refractivity (Wildman–Crippen MR) is 73.9 cm³/mol. The van der Waals surface area contributed by atoms with Gasteiger partial charge >= 0.3 is 6.09 Å². The van der Waals surface area contributed by atoms with Crippen molar-refractivity contribution in [3.8, 4) is 0 Å². The van der Waals surface area contributed by atoms with E-state index in [2.05, 4.69) is 15.3 Å². The van der Waals surface area contributed by atoms with Crippen molar-refractivity contribution in [2.45, 2.75) is 39.3 Å². The van der Waals surface area contributed by atoms with Crippen molar-refractivity contribution in [3.63, 3.8) is 0 Å². The number of rotatable bonds is 2. The molecule has 5 nitrogen and oxygen atoms in total. The molecule has 0 spiro atoms. The fourth-order valence-electron chi connectivity index (χ4n) is 1.73. The van der Waals surface area contributed by atoms with E-state index in [1.165, 1.54) is 0 Å². The highest BCUT2D eigenvalue weighted by atomic mass is 16.6. The fraction of sp³-hybridized carbons (Fsp3) is 0.429. The number of imidazole rings is 1. The Balaban J connectivity index is 2.07. The number of nitrogens with zero attached hydrogens (tertiary/aromatic N) is 1. The van der Waals surface area contributed by atoms with E-state index in [4.69, 9.17) is 4.74 Å². The summed E-state index contributed by atoms with van der Waals surface area (Å²) < 4.78 is 5.21. The van der Waals surface area contributed by atoms with Crippen molar-refractivity contribution in [2.75, 3.05) is 0 Å². The van der Waals surface area contributed by atoms with Gasteiger partial charge in [-0.25, -0.2) is 9.78 Å². The first-order valence-electron chi connectivity index (χ1n) is 6.29. The molecular weight excluding hydrogens is 242 g/mol. The molecule has 2 aromatic rings. The van der Waals surface area contributed by atoms with Gasteiger partial charge in [-0.15, -0.1) is 0 Å². The zero-order chi connectivity index (χ0) is 14.0. The summed E-state index contributed by atoms with van der Waals surface area (Å²) in [5, 5.41) is 2.76. The van der Waals surface area contributed by atoms with Gasteiger partial charge in [0.1, 0.15) is 11.4 Å². The Hall–Kier alpha value is -2.04. The van der Waals surface area contributed by atoms with Gasteiger partial charge in [0.15, 0.2) is 0 Å². The first kappa shape index (κ1) is 13.4. The second-order valence-electron chi connectivity index (χ2n) is 5.51. The maximum absolute atomic E-state index is 11.7. The Labute approximate surface area is 112 Å². The number of ether oxygens (including phenoxy) is 1. The minimum Gasteiger partial charge on any atom is -0.444 e. The average molecular weight is 261 g/mol. The number of carbonyl (C=O) groups excluding carboxylic acids is 1. The van der Waals surface area contributed by atoms with Crippen LogP contribution in [-0.4, -0.2) is 21.7 Å². The van der Waals surface area contributed by atoms with Crippen LogP contribution in [0.15, 0.2) is 24.3 Å². The van der Waals surface area contributed by atoms with Gasteiger partial charge in [0, 0.05) is 0 Å². The lowest BCUT2D eigenvalue weighted by Crippen LogP contribution is -2.34. The van der Waals surface area contributed by atoms with E-state index in [0.29, 0.717) is 5.82 Å². The second kappa shape index (κ2) is 4.91. The zero-order valence-corrected chi connectivity index (χ0v) is 11.7. The van der Waals surface area contributed by atoms with Crippen LogP contribution in [0.1, 0.15) is 39.6 Å². The number of nitrogens with one attached hydrogen (secondary N) is 2. The van der Waals surface area contributed by atoms with Crippen molar-refractivity contribution >= 4 is 17.1 Å². The molecule has 0 aliphatic heterocycles.